The minimum Gasteiger partial charge on any atom is -0.497 e. The van der Waals surface area contributed by atoms with Crippen molar-refractivity contribution in [2.45, 2.75) is 25.9 Å². The minimum atomic E-state index is -1.10. The van der Waals surface area contributed by atoms with Gasteiger partial charge in [-0.25, -0.2) is 4.79 Å². The summed E-state index contributed by atoms with van der Waals surface area (Å²) in [7, 11) is 3.14. The van der Waals surface area contributed by atoms with E-state index in [0.717, 1.165) is 5.56 Å². The number of methoxy groups -OCH3 is 2. The minimum absolute atomic E-state index is 0.0464. The number of aromatic nitrogens is 2. The summed E-state index contributed by atoms with van der Waals surface area (Å²) in [5.41, 5.74) is 0.761. The molecule has 0 saturated heterocycles. The van der Waals surface area contributed by atoms with Crippen LogP contribution in [-0.4, -0.2) is 41.0 Å². The van der Waals surface area contributed by atoms with Crippen LogP contribution in [0.3, 0.4) is 0 Å². The second-order valence-corrected chi connectivity index (χ2v) is 5.42. The zero-order chi connectivity index (χ0) is 18.4. The van der Waals surface area contributed by atoms with E-state index in [1.807, 2.05) is 13.0 Å². The van der Waals surface area contributed by atoms with E-state index >= 15 is 0 Å². The normalized spacial score (nSPS) is 11.6. The fraction of sp³-hybridized carbons (Fsp3) is 0.353. The number of benzene rings is 1. The van der Waals surface area contributed by atoms with Gasteiger partial charge in [-0.15, -0.1) is 0 Å². The molecule has 0 bridgehead atoms. The van der Waals surface area contributed by atoms with Crippen LogP contribution in [0.25, 0.3) is 0 Å². The molecule has 1 heterocycles. The van der Waals surface area contributed by atoms with Crippen LogP contribution >= 0.6 is 0 Å². The van der Waals surface area contributed by atoms with Gasteiger partial charge in [-0.1, -0.05) is 0 Å². The molecule has 1 aromatic carbocycles. The van der Waals surface area contributed by atoms with Gasteiger partial charge in [0.25, 0.3) is 0 Å². The lowest BCUT2D eigenvalue weighted by Gasteiger charge is -2.18. The van der Waals surface area contributed by atoms with E-state index in [9.17, 15) is 9.59 Å². The molecule has 0 saturated carbocycles. The van der Waals surface area contributed by atoms with Crippen LogP contribution in [0.15, 0.2) is 30.5 Å². The predicted octanol–water partition coefficient (Wildman–Crippen LogP) is 1.87. The average Bonchev–Trinajstić information content (AvgIpc) is 3.08. The first-order valence-electron chi connectivity index (χ1n) is 7.72. The Bertz CT molecular complexity index is 756. The van der Waals surface area contributed by atoms with Crippen molar-refractivity contribution < 1.29 is 24.2 Å². The number of aryl methyl sites for hydroxylation is 1. The number of carboxylic acid groups (broad SMARTS) is 1. The van der Waals surface area contributed by atoms with Crippen molar-refractivity contribution in [2.75, 3.05) is 14.2 Å². The molecule has 8 nitrogen and oxygen atoms in total. The molecule has 134 valence electrons. The van der Waals surface area contributed by atoms with Gasteiger partial charge in [0.05, 0.1) is 20.3 Å². The number of amides is 1. The maximum atomic E-state index is 12.2. The molecule has 25 heavy (non-hydrogen) atoms. The van der Waals surface area contributed by atoms with Gasteiger partial charge >= 0.3 is 5.97 Å². The van der Waals surface area contributed by atoms with E-state index < -0.39 is 5.97 Å². The van der Waals surface area contributed by atoms with E-state index in [0.29, 0.717) is 18.0 Å². The first kappa shape index (κ1) is 18.3. The molecule has 1 atom stereocenters. The Morgan fingerprint density at radius 2 is 2.04 bits per heavy atom. The summed E-state index contributed by atoms with van der Waals surface area (Å²) < 4.78 is 12.0. The fourth-order valence-electron chi connectivity index (χ4n) is 2.39. The second-order valence-electron chi connectivity index (χ2n) is 5.42. The number of carbonyl (C=O) groups is 2. The molecule has 2 rings (SSSR count). The number of aromatic carboxylic acids is 1. The summed E-state index contributed by atoms with van der Waals surface area (Å²) >= 11 is 0. The van der Waals surface area contributed by atoms with Gasteiger partial charge in [0.2, 0.25) is 5.91 Å². The highest BCUT2D eigenvalue weighted by atomic mass is 16.5. The number of carbonyl (C=O) groups excluding carboxylic acids is 1. The average molecular weight is 347 g/mol. The third-order valence-corrected chi connectivity index (χ3v) is 3.71. The molecule has 2 aromatic rings. The number of hydrogen-bond donors (Lipinski definition) is 2. The summed E-state index contributed by atoms with van der Waals surface area (Å²) in [6, 6.07) is 6.51. The third kappa shape index (κ3) is 4.72. The van der Waals surface area contributed by atoms with Gasteiger partial charge in [0.1, 0.15) is 11.5 Å². The van der Waals surface area contributed by atoms with Gasteiger partial charge in [0.15, 0.2) is 5.69 Å². The van der Waals surface area contributed by atoms with E-state index in [-0.39, 0.29) is 24.1 Å². The number of rotatable bonds is 8. The van der Waals surface area contributed by atoms with Crippen LogP contribution in [0.2, 0.25) is 0 Å². The molecule has 0 aliphatic rings. The van der Waals surface area contributed by atoms with E-state index in [4.69, 9.17) is 14.6 Å². The lowest BCUT2D eigenvalue weighted by molar-refractivity contribution is -0.122. The molecule has 0 radical (unpaired) electrons. The van der Waals surface area contributed by atoms with Crippen molar-refractivity contribution in [3.8, 4) is 11.5 Å². The Morgan fingerprint density at radius 3 is 2.64 bits per heavy atom. The van der Waals surface area contributed by atoms with Crippen LogP contribution in [0.5, 0.6) is 11.5 Å². The molecular formula is C17H21N3O5. The van der Waals surface area contributed by atoms with Crippen LogP contribution in [-0.2, 0) is 11.3 Å². The number of hydrogen-bond acceptors (Lipinski definition) is 5. The molecule has 0 spiro atoms. The number of nitrogens with zero attached hydrogens (tertiary/aromatic N) is 2. The Labute approximate surface area is 145 Å². The quantitative estimate of drug-likeness (QED) is 0.756. The number of carboxylic acids is 1. The van der Waals surface area contributed by atoms with Gasteiger partial charge < -0.3 is 19.9 Å². The van der Waals surface area contributed by atoms with E-state index in [1.165, 1.54) is 16.9 Å². The SMILES string of the molecule is COc1ccc(OC)c(C(C)NC(=O)CCn2ccc(C(=O)O)n2)c1. The van der Waals surface area contributed by atoms with Crippen molar-refractivity contribution in [1.29, 1.82) is 0 Å². The van der Waals surface area contributed by atoms with Crippen molar-refractivity contribution >= 4 is 11.9 Å². The topological polar surface area (TPSA) is 103 Å². The van der Waals surface area contributed by atoms with E-state index in [2.05, 4.69) is 10.4 Å². The maximum Gasteiger partial charge on any atom is 0.356 e. The van der Waals surface area contributed by atoms with Gasteiger partial charge in [0, 0.05) is 24.7 Å². The Kier molecular flexibility index (Phi) is 5.99. The van der Waals surface area contributed by atoms with Gasteiger partial charge in [-0.3, -0.25) is 9.48 Å². The monoisotopic (exact) mass is 347 g/mol. The van der Waals surface area contributed by atoms with Gasteiger partial charge in [-0.2, -0.15) is 5.10 Å². The summed E-state index contributed by atoms with van der Waals surface area (Å²) in [5, 5.41) is 15.6. The molecule has 1 amide bonds. The van der Waals surface area contributed by atoms with Crippen LogP contribution in [0, 0.1) is 0 Å². The molecular weight excluding hydrogens is 326 g/mol. The zero-order valence-corrected chi connectivity index (χ0v) is 14.4. The fourth-order valence-corrected chi connectivity index (χ4v) is 2.39. The van der Waals surface area contributed by atoms with E-state index in [1.54, 1.807) is 26.4 Å². The predicted molar refractivity (Wildman–Crippen MR) is 89.9 cm³/mol. The zero-order valence-electron chi connectivity index (χ0n) is 14.4. The molecule has 1 unspecified atom stereocenters. The molecule has 0 aliphatic heterocycles. The summed E-state index contributed by atoms with van der Waals surface area (Å²) in [6.07, 6.45) is 1.71. The van der Waals surface area contributed by atoms with Crippen molar-refractivity contribution in [2.24, 2.45) is 0 Å². The molecule has 2 N–H and O–H groups in total. The van der Waals surface area contributed by atoms with Gasteiger partial charge in [-0.05, 0) is 31.2 Å². The highest BCUT2D eigenvalue weighted by molar-refractivity contribution is 5.85. The molecule has 1 aromatic heterocycles. The lowest BCUT2D eigenvalue weighted by Crippen LogP contribution is -2.27. The Balaban J connectivity index is 1.96. The standard InChI is InChI=1S/C17H21N3O5/c1-11(13-10-12(24-2)4-5-15(13)25-3)18-16(21)7-9-20-8-6-14(19-20)17(22)23/h4-6,8,10-11H,7,9H2,1-3H3,(H,18,21)(H,22,23). The van der Waals surface area contributed by atoms with Crippen LogP contribution in [0.4, 0.5) is 0 Å². The first-order valence-corrected chi connectivity index (χ1v) is 7.72. The summed E-state index contributed by atoms with van der Waals surface area (Å²) in [4.78, 5) is 22.9. The van der Waals surface area contributed by atoms with Crippen LogP contribution < -0.4 is 14.8 Å². The molecule has 0 aliphatic carbocycles. The van der Waals surface area contributed by atoms with Crippen LogP contribution in [0.1, 0.15) is 35.4 Å². The largest absolute Gasteiger partial charge is 0.497 e. The Hall–Kier alpha value is -3.03. The maximum absolute atomic E-state index is 12.2. The summed E-state index contributed by atoms with van der Waals surface area (Å²) in [6.45, 7) is 2.15. The summed E-state index contributed by atoms with van der Waals surface area (Å²) in [5.74, 6) is 0.0631. The first-order chi connectivity index (χ1) is 11.9. The van der Waals surface area contributed by atoms with Crippen molar-refractivity contribution in [3.63, 3.8) is 0 Å². The van der Waals surface area contributed by atoms with Crippen molar-refractivity contribution in [1.82, 2.24) is 15.1 Å². The molecule has 8 heteroatoms. The van der Waals surface area contributed by atoms with Crippen molar-refractivity contribution in [3.05, 3.63) is 41.7 Å². The number of ether oxygens (including phenoxy) is 2. The number of nitrogens with one attached hydrogen (secondary N) is 1. The Morgan fingerprint density at radius 1 is 1.28 bits per heavy atom. The highest BCUT2D eigenvalue weighted by Gasteiger charge is 2.15. The lowest BCUT2D eigenvalue weighted by atomic mass is 10.1. The second kappa shape index (κ2) is 8.18. The molecule has 0 fully saturated rings. The highest BCUT2D eigenvalue weighted by Crippen LogP contribution is 2.29. The third-order valence-electron chi connectivity index (χ3n) is 3.71. The smallest absolute Gasteiger partial charge is 0.356 e.